The molecule has 3 aromatic rings. The standard InChI is InChI=1S/C20H22N2O4/c1-24-19(25-2)13-15-7-9-17(10-8-15)26-12-11-22-20(23)18-6-4-3-5-16(18)14-21-22/h3-10,14,19H,11-13H2,1-2H3. The maximum atomic E-state index is 12.4. The summed E-state index contributed by atoms with van der Waals surface area (Å²) in [6.07, 6.45) is 2.12. The molecule has 2 aromatic carbocycles. The molecule has 0 saturated heterocycles. The van der Waals surface area contributed by atoms with Crippen molar-refractivity contribution in [2.45, 2.75) is 19.3 Å². The van der Waals surface area contributed by atoms with Crippen LogP contribution in [0.1, 0.15) is 5.56 Å². The Morgan fingerprint density at radius 1 is 1.04 bits per heavy atom. The second-order valence-corrected chi connectivity index (χ2v) is 5.86. The van der Waals surface area contributed by atoms with Crippen LogP contribution >= 0.6 is 0 Å². The maximum Gasteiger partial charge on any atom is 0.274 e. The van der Waals surface area contributed by atoms with E-state index >= 15 is 0 Å². The molecule has 0 atom stereocenters. The Morgan fingerprint density at radius 3 is 2.50 bits per heavy atom. The van der Waals surface area contributed by atoms with Gasteiger partial charge in [0.2, 0.25) is 0 Å². The molecule has 0 aliphatic heterocycles. The third-order valence-electron chi connectivity index (χ3n) is 4.19. The highest BCUT2D eigenvalue weighted by atomic mass is 16.7. The van der Waals surface area contributed by atoms with Crippen molar-refractivity contribution in [2.24, 2.45) is 0 Å². The number of ether oxygens (including phenoxy) is 3. The Hall–Kier alpha value is -2.70. The lowest BCUT2D eigenvalue weighted by Gasteiger charge is -2.13. The molecule has 0 aliphatic carbocycles. The zero-order valence-electron chi connectivity index (χ0n) is 14.9. The first kappa shape index (κ1) is 18.1. The predicted octanol–water partition coefficient (Wildman–Crippen LogP) is 2.64. The number of nitrogens with zero attached hydrogens (tertiary/aromatic N) is 2. The van der Waals surface area contributed by atoms with Gasteiger partial charge in [0, 0.05) is 26.0 Å². The lowest BCUT2D eigenvalue weighted by Crippen LogP contribution is -2.25. The normalized spacial score (nSPS) is 11.2. The average molecular weight is 354 g/mol. The van der Waals surface area contributed by atoms with Crippen LogP contribution in [0.4, 0.5) is 0 Å². The highest BCUT2D eigenvalue weighted by Gasteiger charge is 2.07. The summed E-state index contributed by atoms with van der Waals surface area (Å²) in [5, 5.41) is 5.71. The largest absolute Gasteiger partial charge is 0.492 e. The Labute approximate surface area is 151 Å². The fraction of sp³-hybridized carbons (Fsp3) is 0.300. The van der Waals surface area contributed by atoms with Gasteiger partial charge in [-0.3, -0.25) is 4.79 Å². The van der Waals surface area contributed by atoms with Gasteiger partial charge >= 0.3 is 0 Å². The Morgan fingerprint density at radius 2 is 1.77 bits per heavy atom. The average Bonchev–Trinajstić information content (AvgIpc) is 2.69. The number of hydrogen-bond donors (Lipinski definition) is 0. The summed E-state index contributed by atoms with van der Waals surface area (Å²) >= 11 is 0. The summed E-state index contributed by atoms with van der Waals surface area (Å²) in [5.41, 5.74) is 0.991. The van der Waals surface area contributed by atoms with E-state index < -0.39 is 0 Å². The van der Waals surface area contributed by atoms with Crippen molar-refractivity contribution in [2.75, 3.05) is 20.8 Å². The SMILES string of the molecule is COC(Cc1ccc(OCCn2ncc3ccccc3c2=O)cc1)OC. The predicted molar refractivity (Wildman–Crippen MR) is 99.5 cm³/mol. The van der Waals surface area contributed by atoms with E-state index in [2.05, 4.69) is 5.10 Å². The first-order valence-corrected chi connectivity index (χ1v) is 8.43. The molecule has 26 heavy (non-hydrogen) atoms. The summed E-state index contributed by atoms with van der Waals surface area (Å²) in [6.45, 7) is 0.754. The van der Waals surface area contributed by atoms with E-state index in [4.69, 9.17) is 14.2 Å². The van der Waals surface area contributed by atoms with Crippen molar-refractivity contribution in [1.82, 2.24) is 9.78 Å². The molecule has 0 N–H and O–H groups in total. The third-order valence-corrected chi connectivity index (χ3v) is 4.19. The number of aromatic nitrogens is 2. The molecule has 0 aliphatic rings. The van der Waals surface area contributed by atoms with Gasteiger partial charge in [0.15, 0.2) is 6.29 Å². The van der Waals surface area contributed by atoms with Crippen LogP contribution in [0.3, 0.4) is 0 Å². The first-order chi connectivity index (χ1) is 12.7. The van der Waals surface area contributed by atoms with Crippen molar-refractivity contribution in [3.05, 3.63) is 70.6 Å². The third kappa shape index (κ3) is 4.28. The lowest BCUT2D eigenvalue weighted by atomic mass is 10.1. The van der Waals surface area contributed by atoms with Crippen LogP contribution in [0.2, 0.25) is 0 Å². The summed E-state index contributed by atoms with van der Waals surface area (Å²) < 4.78 is 17.5. The molecule has 1 heterocycles. The van der Waals surface area contributed by atoms with E-state index in [1.165, 1.54) is 4.68 Å². The van der Waals surface area contributed by atoms with Crippen LogP contribution in [-0.4, -0.2) is 36.9 Å². The zero-order chi connectivity index (χ0) is 18.4. The summed E-state index contributed by atoms with van der Waals surface area (Å²) in [7, 11) is 3.24. The Balaban J connectivity index is 1.58. The van der Waals surface area contributed by atoms with Gasteiger partial charge in [0.25, 0.3) is 5.56 Å². The quantitative estimate of drug-likeness (QED) is 0.582. The molecule has 6 nitrogen and oxygen atoms in total. The highest BCUT2D eigenvalue weighted by molar-refractivity contribution is 5.80. The smallest absolute Gasteiger partial charge is 0.274 e. The van der Waals surface area contributed by atoms with Crippen molar-refractivity contribution in [3.63, 3.8) is 0 Å². The molecular formula is C20H22N2O4. The molecule has 0 saturated carbocycles. The van der Waals surface area contributed by atoms with Crippen LogP contribution in [0, 0.1) is 0 Å². The monoisotopic (exact) mass is 354 g/mol. The molecule has 0 unspecified atom stereocenters. The Bertz CT molecular complexity index is 902. The van der Waals surface area contributed by atoms with Crippen molar-refractivity contribution in [1.29, 1.82) is 0 Å². The number of fused-ring (bicyclic) bond motifs is 1. The first-order valence-electron chi connectivity index (χ1n) is 8.43. The second kappa shape index (κ2) is 8.60. The molecule has 6 heteroatoms. The molecule has 0 bridgehead atoms. The van der Waals surface area contributed by atoms with Crippen molar-refractivity contribution in [3.8, 4) is 5.75 Å². The fourth-order valence-electron chi connectivity index (χ4n) is 2.71. The molecule has 3 rings (SSSR count). The van der Waals surface area contributed by atoms with E-state index in [0.717, 1.165) is 16.7 Å². The molecule has 0 fully saturated rings. The van der Waals surface area contributed by atoms with E-state index in [-0.39, 0.29) is 11.8 Å². The van der Waals surface area contributed by atoms with E-state index in [1.807, 2.05) is 48.5 Å². The van der Waals surface area contributed by atoms with Crippen molar-refractivity contribution < 1.29 is 14.2 Å². The number of methoxy groups -OCH3 is 2. The minimum absolute atomic E-state index is 0.104. The molecule has 0 spiro atoms. The topological polar surface area (TPSA) is 62.6 Å². The van der Waals surface area contributed by atoms with Gasteiger partial charge < -0.3 is 14.2 Å². The zero-order valence-corrected chi connectivity index (χ0v) is 14.9. The van der Waals surface area contributed by atoms with Gasteiger partial charge in [-0.15, -0.1) is 0 Å². The van der Waals surface area contributed by atoms with Gasteiger partial charge in [-0.25, -0.2) is 4.68 Å². The number of benzene rings is 2. The molecule has 1 aromatic heterocycles. The minimum atomic E-state index is -0.257. The molecule has 0 radical (unpaired) electrons. The van der Waals surface area contributed by atoms with Gasteiger partial charge in [0.05, 0.1) is 18.1 Å². The van der Waals surface area contributed by atoms with Crippen LogP contribution in [0.5, 0.6) is 5.75 Å². The lowest BCUT2D eigenvalue weighted by molar-refractivity contribution is -0.100. The second-order valence-electron chi connectivity index (χ2n) is 5.86. The fourth-order valence-corrected chi connectivity index (χ4v) is 2.71. The molecular weight excluding hydrogens is 332 g/mol. The van der Waals surface area contributed by atoms with Crippen LogP contribution < -0.4 is 10.3 Å². The molecule has 0 amide bonds. The Kier molecular flexibility index (Phi) is 5.99. The van der Waals surface area contributed by atoms with Gasteiger partial charge in [0.1, 0.15) is 12.4 Å². The van der Waals surface area contributed by atoms with E-state index in [0.29, 0.717) is 25.0 Å². The highest BCUT2D eigenvalue weighted by Crippen LogP contribution is 2.14. The van der Waals surface area contributed by atoms with Gasteiger partial charge in [-0.1, -0.05) is 30.3 Å². The van der Waals surface area contributed by atoms with Crippen LogP contribution in [0.15, 0.2) is 59.5 Å². The van der Waals surface area contributed by atoms with Crippen LogP contribution in [0.25, 0.3) is 10.8 Å². The van der Waals surface area contributed by atoms with Gasteiger partial charge in [-0.2, -0.15) is 5.10 Å². The summed E-state index contributed by atoms with van der Waals surface area (Å²) in [5.74, 6) is 0.744. The van der Waals surface area contributed by atoms with E-state index in [1.54, 1.807) is 20.4 Å². The summed E-state index contributed by atoms with van der Waals surface area (Å²) in [4.78, 5) is 12.4. The van der Waals surface area contributed by atoms with Crippen LogP contribution in [-0.2, 0) is 22.4 Å². The number of rotatable bonds is 8. The number of hydrogen-bond acceptors (Lipinski definition) is 5. The summed E-state index contributed by atoms with van der Waals surface area (Å²) in [6, 6.07) is 15.2. The van der Waals surface area contributed by atoms with Crippen molar-refractivity contribution >= 4 is 10.8 Å². The maximum absolute atomic E-state index is 12.4. The minimum Gasteiger partial charge on any atom is -0.492 e. The van der Waals surface area contributed by atoms with Gasteiger partial charge in [-0.05, 0) is 23.8 Å². The van der Waals surface area contributed by atoms with E-state index in [9.17, 15) is 4.79 Å². The molecule has 136 valence electrons.